The van der Waals surface area contributed by atoms with Gasteiger partial charge in [-0.2, -0.15) is 0 Å². The smallest absolute Gasteiger partial charge is 0.325 e. The van der Waals surface area contributed by atoms with Crippen molar-refractivity contribution in [2.75, 3.05) is 6.54 Å². The highest BCUT2D eigenvalue weighted by Gasteiger charge is 2.34. The maximum Gasteiger partial charge on any atom is 0.325 e. The van der Waals surface area contributed by atoms with E-state index in [2.05, 4.69) is 10.7 Å². The normalized spacial score (nSPS) is 26.9. The third kappa shape index (κ3) is 6.88. The highest BCUT2D eigenvalue weighted by Crippen LogP contribution is 2.28. The van der Waals surface area contributed by atoms with Crippen LogP contribution in [0.4, 0.5) is 0 Å². The molecule has 0 unspecified atom stereocenters. The van der Waals surface area contributed by atoms with Crippen LogP contribution in [0.25, 0.3) is 11.1 Å². The van der Waals surface area contributed by atoms with Crippen LogP contribution in [-0.2, 0) is 23.9 Å². The summed E-state index contributed by atoms with van der Waals surface area (Å²) in [6, 6.07) is 13.7. The predicted octanol–water partition coefficient (Wildman–Crippen LogP) is 3.97. The molecule has 6 bridgehead atoms. The van der Waals surface area contributed by atoms with E-state index in [-0.39, 0.29) is 29.9 Å². The zero-order valence-corrected chi connectivity index (χ0v) is 23.8. The minimum Gasteiger partial charge on any atom is -0.483 e. The molecule has 9 heteroatoms. The number of hydrogen-bond donors (Lipinski definition) is 2. The summed E-state index contributed by atoms with van der Waals surface area (Å²) in [4.78, 5) is 52.5. The first-order valence-corrected chi connectivity index (χ1v) is 14.0. The van der Waals surface area contributed by atoms with Crippen molar-refractivity contribution >= 4 is 23.6 Å². The van der Waals surface area contributed by atoms with Crippen LogP contribution in [0.2, 0.25) is 0 Å². The van der Waals surface area contributed by atoms with Crippen molar-refractivity contribution in [2.24, 2.45) is 11.8 Å². The molecule has 9 nitrogen and oxygen atoms in total. The predicted molar refractivity (Wildman–Crippen MR) is 150 cm³/mol. The van der Waals surface area contributed by atoms with Crippen molar-refractivity contribution in [1.29, 1.82) is 0 Å². The Labute approximate surface area is 235 Å². The number of rotatable bonds is 1. The van der Waals surface area contributed by atoms with Crippen molar-refractivity contribution in [1.82, 2.24) is 15.8 Å². The summed E-state index contributed by atoms with van der Waals surface area (Å²) in [5.41, 5.74) is 5.73. The van der Waals surface area contributed by atoms with Crippen LogP contribution >= 0.6 is 0 Å². The summed E-state index contributed by atoms with van der Waals surface area (Å²) in [6.07, 6.45) is -0.117. The molecule has 5 rings (SSSR count). The SMILES string of the molecule is CC(C)[C@@H]1CC(=O)[C@H](C)Oc2ccc(cc2)-c2cccc(c2)[C@@H](C)OC(=O)[C@@H]2CCCN(N2)C(=O)[C@H](C)NC1=O. The second kappa shape index (κ2) is 12.6. The number of carbonyl (C=O) groups excluding carboxylic acids is 4. The van der Waals surface area contributed by atoms with E-state index >= 15 is 0 Å². The summed E-state index contributed by atoms with van der Waals surface area (Å²) in [7, 11) is 0. The average molecular weight is 550 g/mol. The van der Waals surface area contributed by atoms with Crippen LogP contribution in [-0.4, -0.2) is 53.3 Å². The standard InChI is InChI=1S/C31H39N3O6/c1-18(2)26-17-28(35)21(5)39-25-13-11-22(12-14-25)24-9-6-8-23(16-24)20(4)40-31(38)27-10-7-15-34(33-27)30(37)19(3)32-29(26)36/h6,8-9,11-14,16,18-21,26-27,33H,7,10,15,17H2,1-5H3,(H,32,36)/t19-,20+,21-,26-,27-/m0/s1. The van der Waals surface area contributed by atoms with Crippen molar-refractivity contribution in [3.8, 4) is 16.9 Å². The van der Waals surface area contributed by atoms with E-state index in [1.165, 1.54) is 5.01 Å². The number of nitrogens with zero attached hydrogens (tertiary/aromatic N) is 1. The average Bonchev–Trinajstić information content (AvgIpc) is 2.95. The van der Waals surface area contributed by atoms with Gasteiger partial charge in [-0.25, -0.2) is 5.43 Å². The maximum atomic E-state index is 13.2. The quantitative estimate of drug-likeness (QED) is 0.518. The summed E-state index contributed by atoms with van der Waals surface area (Å²) in [6.45, 7) is 9.25. The van der Waals surface area contributed by atoms with Crippen LogP contribution in [0, 0.1) is 11.8 Å². The fraction of sp³-hybridized carbons (Fsp3) is 0.484. The van der Waals surface area contributed by atoms with Gasteiger partial charge in [0, 0.05) is 18.9 Å². The molecule has 1 saturated heterocycles. The van der Waals surface area contributed by atoms with Crippen LogP contribution in [0.1, 0.15) is 65.5 Å². The number of esters is 1. The van der Waals surface area contributed by atoms with Crippen LogP contribution in [0.15, 0.2) is 48.5 Å². The van der Waals surface area contributed by atoms with Crippen molar-refractivity contribution in [2.45, 2.75) is 78.2 Å². The first-order valence-electron chi connectivity index (χ1n) is 14.0. The Morgan fingerprint density at radius 3 is 2.33 bits per heavy atom. The van der Waals surface area contributed by atoms with Gasteiger partial charge in [0.15, 0.2) is 11.9 Å². The molecule has 2 amide bonds. The zero-order valence-electron chi connectivity index (χ0n) is 23.8. The lowest BCUT2D eigenvalue weighted by atomic mass is 9.88. The van der Waals surface area contributed by atoms with Gasteiger partial charge in [-0.15, -0.1) is 0 Å². The fourth-order valence-corrected chi connectivity index (χ4v) is 5.04. The lowest BCUT2D eigenvalue weighted by Gasteiger charge is -2.35. The molecule has 0 radical (unpaired) electrons. The number of nitrogens with one attached hydrogen (secondary N) is 2. The Balaban J connectivity index is 1.63. The molecule has 5 atom stereocenters. The molecule has 3 heterocycles. The third-order valence-electron chi connectivity index (χ3n) is 7.63. The molecule has 2 aromatic rings. The first-order chi connectivity index (χ1) is 19.0. The number of amides is 2. The minimum absolute atomic E-state index is 0.00941. The van der Waals surface area contributed by atoms with E-state index in [4.69, 9.17) is 9.47 Å². The van der Waals surface area contributed by atoms with Crippen molar-refractivity contribution < 1.29 is 28.7 Å². The Morgan fingerprint density at radius 1 is 0.900 bits per heavy atom. The first kappa shape index (κ1) is 29.3. The topological polar surface area (TPSA) is 114 Å². The van der Waals surface area contributed by atoms with Crippen LogP contribution in [0.3, 0.4) is 0 Å². The van der Waals surface area contributed by atoms with Gasteiger partial charge in [-0.3, -0.25) is 24.2 Å². The van der Waals surface area contributed by atoms with Crippen LogP contribution in [0.5, 0.6) is 5.75 Å². The molecule has 0 aromatic heterocycles. The molecule has 0 aliphatic carbocycles. The van der Waals surface area contributed by atoms with E-state index < -0.39 is 36.2 Å². The lowest BCUT2D eigenvalue weighted by molar-refractivity contribution is -0.157. The second-order valence-corrected chi connectivity index (χ2v) is 11.1. The largest absolute Gasteiger partial charge is 0.483 e. The number of hydrogen-bond acceptors (Lipinski definition) is 7. The van der Waals surface area contributed by atoms with E-state index in [0.29, 0.717) is 25.1 Å². The highest BCUT2D eigenvalue weighted by atomic mass is 16.5. The molecule has 1 fully saturated rings. The maximum absolute atomic E-state index is 13.2. The van der Waals surface area contributed by atoms with E-state index in [1.54, 1.807) is 13.8 Å². The van der Waals surface area contributed by atoms with Gasteiger partial charge in [-0.1, -0.05) is 44.2 Å². The van der Waals surface area contributed by atoms with Gasteiger partial charge >= 0.3 is 5.97 Å². The third-order valence-corrected chi connectivity index (χ3v) is 7.63. The van der Waals surface area contributed by atoms with Gasteiger partial charge in [-0.05, 0) is 74.4 Å². The number of carbonyl (C=O) groups is 4. The summed E-state index contributed by atoms with van der Waals surface area (Å²) >= 11 is 0. The molecular weight excluding hydrogens is 510 g/mol. The summed E-state index contributed by atoms with van der Waals surface area (Å²) in [5, 5.41) is 4.16. The zero-order chi connectivity index (χ0) is 29.0. The molecule has 2 aromatic carbocycles. The summed E-state index contributed by atoms with van der Waals surface area (Å²) in [5.74, 6) is -1.58. The molecule has 214 valence electrons. The van der Waals surface area contributed by atoms with E-state index in [0.717, 1.165) is 16.7 Å². The number of ketones is 1. The Hall–Kier alpha value is -3.72. The number of ether oxygens (including phenoxy) is 2. The van der Waals surface area contributed by atoms with Crippen molar-refractivity contribution in [3.05, 3.63) is 54.1 Å². The summed E-state index contributed by atoms with van der Waals surface area (Å²) < 4.78 is 11.7. The number of hydrazine groups is 1. The monoisotopic (exact) mass is 549 g/mol. The number of Topliss-reactive ketones (excluding diaryl/α,β-unsaturated/α-hetero) is 1. The van der Waals surface area contributed by atoms with Gasteiger partial charge in [0.1, 0.15) is 23.9 Å². The number of fused-ring (bicyclic) bond motifs is 12. The highest BCUT2D eigenvalue weighted by molar-refractivity contribution is 5.92. The molecule has 3 aliphatic rings. The molecule has 0 spiro atoms. The minimum atomic E-state index is -0.849. The fourth-order valence-electron chi connectivity index (χ4n) is 5.04. The number of benzene rings is 2. The van der Waals surface area contributed by atoms with Crippen LogP contribution < -0.4 is 15.5 Å². The van der Waals surface area contributed by atoms with Gasteiger partial charge in [0.05, 0.1) is 0 Å². The van der Waals surface area contributed by atoms with Crippen molar-refractivity contribution in [3.63, 3.8) is 0 Å². The van der Waals surface area contributed by atoms with Gasteiger partial charge in [0.25, 0.3) is 5.91 Å². The second-order valence-electron chi connectivity index (χ2n) is 11.1. The Morgan fingerprint density at radius 2 is 1.62 bits per heavy atom. The Bertz CT molecular complexity index is 1240. The van der Waals surface area contributed by atoms with Gasteiger partial charge in [0.2, 0.25) is 5.91 Å². The molecule has 0 saturated carbocycles. The molecule has 40 heavy (non-hydrogen) atoms. The lowest BCUT2D eigenvalue weighted by Crippen LogP contribution is -2.59. The molecule has 3 aliphatic heterocycles. The Kier molecular flexibility index (Phi) is 9.25. The molecular formula is C31H39N3O6. The van der Waals surface area contributed by atoms with Gasteiger partial charge < -0.3 is 14.8 Å². The van der Waals surface area contributed by atoms with E-state index in [1.807, 2.05) is 69.3 Å². The van der Waals surface area contributed by atoms with E-state index in [9.17, 15) is 19.2 Å². The molecule has 2 N–H and O–H groups in total.